The molecular formula is C19H27ClN2O2. The van der Waals surface area contributed by atoms with E-state index in [-0.39, 0.29) is 17.4 Å². The average molecular weight is 351 g/mol. The number of halogens is 1. The van der Waals surface area contributed by atoms with Gasteiger partial charge in [-0.15, -0.1) is 0 Å². The van der Waals surface area contributed by atoms with Gasteiger partial charge in [0.2, 0.25) is 5.91 Å². The van der Waals surface area contributed by atoms with Gasteiger partial charge >= 0.3 is 0 Å². The number of hydrogen-bond acceptors (Lipinski definition) is 3. The minimum absolute atomic E-state index is 0.0609. The molecule has 3 rings (SSSR count). The van der Waals surface area contributed by atoms with Gasteiger partial charge in [0, 0.05) is 37.4 Å². The molecule has 132 valence electrons. The molecule has 24 heavy (non-hydrogen) atoms. The maximum absolute atomic E-state index is 13.6. The Morgan fingerprint density at radius 2 is 2.04 bits per heavy atom. The van der Waals surface area contributed by atoms with Crippen molar-refractivity contribution in [1.82, 2.24) is 4.90 Å². The first kappa shape index (κ1) is 17.7. The molecule has 2 aliphatic rings. The molecule has 1 aromatic rings. The van der Waals surface area contributed by atoms with Crippen molar-refractivity contribution in [2.24, 2.45) is 11.1 Å². The number of ether oxygens (including phenoxy) is 1. The third kappa shape index (κ3) is 3.19. The van der Waals surface area contributed by atoms with Crippen molar-refractivity contribution in [2.45, 2.75) is 44.6 Å². The van der Waals surface area contributed by atoms with Gasteiger partial charge in [0.05, 0.1) is 5.41 Å². The number of hydrogen-bond donors (Lipinski definition) is 1. The molecule has 5 heteroatoms. The maximum Gasteiger partial charge on any atom is 0.233 e. The van der Waals surface area contributed by atoms with E-state index in [1.165, 1.54) is 0 Å². The van der Waals surface area contributed by atoms with E-state index in [4.69, 9.17) is 22.1 Å². The van der Waals surface area contributed by atoms with Gasteiger partial charge in [0.25, 0.3) is 0 Å². The minimum Gasteiger partial charge on any atom is -0.381 e. The summed E-state index contributed by atoms with van der Waals surface area (Å²) in [6.45, 7) is 6.94. The molecule has 1 amide bonds. The SMILES string of the molecule is CC1(C)CN(C(=O)C2(c3cccc(Cl)c3)CCOCC2)CCC1N. The van der Waals surface area contributed by atoms with E-state index in [0.29, 0.717) is 37.6 Å². The molecular weight excluding hydrogens is 324 g/mol. The Balaban J connectivity index is 1.93. The lowest BCUT2D eigenvalue weighted by Crippen LogP contribution is -2.58. The first-order valence-electron chi connectivity index (χ1n) is 8.74. The average Bonchev–Trinajstić information content (AvgIpc) is 2.57. The fourth-order valence-electron chi connectivity index (χ4n) is 3.98. The van der Waals surface area contributed by atoms with Gasteiger partial charge in [-0.05, 0) is 42.4 Å². The molecule has 1 unspecified atom stereocenters. The fourth-order valence-corrected chi connectivity index (χ4v) is 4.17. The van der Waals surface area contributed by atoms with Crippen molar-refractivity contribution in [3.8, 4) is 0 Å². The van der Waals surface area contributed by atoms with E-state index < -0.39 is 5.41 Å². The van der Waals surface area contributed by atoms with Crippen molar-refractivity contribution in [1.29, 1.82) is 0 Å². The molecule has 0 saturated carbocycles. The number of nitrogens with two attached hydrogens (primary N) is 1. The number of benzene rings is 1. The van der Waals surface area contributed by atoms with Crippen LogP contribution in [0.25, 0.3) is 0 Å². The molecule has 2 heterocycles. The second-order valence-corrected chi connectivity index (χ2v) is 8.25. The fraction of sp³-hybridized carbons (Fsp3) is 0.632. The number of piperidine rings is 1. The summed E-state index contributed by atoms with van der Waals surface area (Å²) < 4.78 is 5.55. The quantitative estimate of drug-likeness (QED) is 0.892. The Kier molecular flexibility index (Phi) is 4.92. The van der Waals surface area contributed by atoms with Crippen molar-refractivity contribution in [3.63, 3.8) is 0 Å². The monoisotopic (exact) mass is 350 g/mol. The molecule has 0 spiro atoms. The van der Waals surface area contributed by atoms with Crippen molar-refractivity contribution >= 4 is 17.5 Å². The zero-order valence-corrected chi connectivity index (χ0v) is 15.3. The molecule has 2 fully saturated rings. The van der Waals surface area contributed by atoms with E-state index in [9.17, 15) is 4.79 Å². The number of nitrogens with zero attached hydrogens (tertiary/aromatic N) is 1. The Bertz CT molecular complexity index is 611. The molecule has 2 saturated heterocycles. The summed E-state index contributed by atoms with van der Waals surface area (Å²) in [4.78, 5) is 15.6. The van der Waals surface area contributed by atoms with Crippen LogP contribution in [0.4, 0.5) is 0 Å². The predicted octanol–water partition coefficient (Wildman–Crippen LogP) is 2.97. The number of amides is 1. The van der Waals surface area contributed by atoms with Gasteiger partial charge in [0.15, 0.2) is 0 Å². The van der Waals surface area contributed by atoms with Gasteiger partial charge in [-0.25, -0.2) is 0 Å². The van der Waals surface area contributed by atoms with E-state index >= 15 is 0 Å². The molecule has 1 atom stereocenters. The van der Waals surface area contributed by atoms with Crippen LogP contribution in [-0.4, -0.2) is 43.2 Å². The van der Waals surface area contributed by atoms with E-state index in [1.54, 1.807) is 0 Å². The second-order valence-electron chi connectivity index (χ2n) is 7.82. The van der Waals surface area contributed by atoms with Crippen LogP contribution in [0.5, 0.6) is 0 Å². The second kappa shape index (κ2) is 6.66. The van der Waals surface area contributed by atoms with Crippen molar-refractivity contribution in [3.05, 3.63) is 34.9 Å². The summed E-state index contributed by atoms with van der Waals surface area (Å²) in [5, 5.41) is 0.673. The zero-order chi connectivity index (χ0) is 17.4. The third-order valence-corrected chi connectivity index (χ3v) is 5.97. The lowest BCUT2D eigenvalue weighted by atomic mass is 9.71. The van der Waals surface area contributed by atoms with E-state index in [2.05, 4.69) is 13.8 Å². The van der Waals surface area contributed by atoms with Gasteiger partial charge in [-0.3, -0.25) is 4.79 Å². The van der Waals surface area contributed by atoms with Crippen molar-refractivity contribution < 1.29 is 9.53 Å². The summed E-state index contributed by atoms with van der Waals surface area (Å²) in [7, 11) is 0. The topological polar surface area (TPSA) is 55.6 Å². The Morgan fingerprint density at radius 1 is 1.33 bits per heavy atom. The van der Waals surface area contributed by atoms with Crippen LogP contribution in [0.15, 0.2) is 24.3 Å². The molecule has 0 aromatic heterocycles. The summed E-state index contributed by atoms with van der Waals surface area (Å²) in [5.41, 5.74) is 6.66. The third-order valence-electron chi connectivity index (χ3n) is 5.73. The first-order valence-corrected chi connectivity index (χ1v) is 9.12. The molecule has 0 aliphatic carbocycles. The summed E-state index contributed by atoms with van der Waals surface area (Å²) >= 11 is 6.21. The number of carbonyl (C=O) groups is 1. The van der Waals surface area contributed by atoms with Crippen LogP contribution < -0.4 is 5.73 Å². The summed E-state index contributed by atoms with van der Waals surface area (Å²) in [5.74, 6) is 0.202. The molecule has 1 aromatic carbocycles. The maximum atomic E-state index is 13.6. The van der Waals surface area contributed by atoms with Gasteiger partial charge < -0.3 is 15.4 Å². The molecule has 0 bridgehead atoms. The highest BCUT2D eigenvalue weighted by Gasteiger charge is 2.46. The van der Waals surface area contributed by atoms with Crippen LogP contribution >= 0.6 is 11.6 Å². The Morgan fingerprint density at radius 3 is 2.67 bits per heavy atom. The van der Waals surface area contributed by atoms with E-state index in [0.717, 1.165) is 18.5 Å². The van der Waals surface area contributed by atoms with Crippen LogP contribution in [0.2, 0.25) is 5.02 Å². The first-order chi connectivity index (χ1) is 11.3. The zero-order valence-electron chi connectivity index (χ0n) is 14.6. The Hall–Kier alpha value is -1.10. The van der Waals surface area contributed by atoms with Crippen LogP contribution in [0.3, 0.4) is 0 Å². The largest absolute Gasteiger partial charge is 0.381 e. The Labute approximate surface area is 149 Å². The highest BCUT2D eigenvalue weighted by molar-refractivity contribution is 6.30. The lowest BCUT2D eigenvalue weighted by molar-refractivity contribution is -0.144. The predicted molar refractivity (Wildman–Crippen MR) is 96.1 cm³/mol. The van der Waals surface area contributed by atoms with Crippen LogP contribution in [0, 0.1) is 5.41 Å². The lowest BCUT2D eigenvalue weighted by Gasteiger charge is -2.47. The normalized spacial score (nSPS) is 26.2. The number of likely N-dealkylation sites (tertiary alicyclic amines) is 1. The minimum atomic E-state index is -0.527. The van der Waals surface area contributed by atoms with Gasteiger partial charge in [-0.2, -0.15) is 0 Å². The van der Waals surface area contributed by atoms with Gasteiger partial charge in [-0.1, -0.05) is 37.6 Å². The van der Waals surface area contributed by atoms with E-state index in [1.807, 2.05) is 29.2 Å². The molecule has 4 nitrogen and oxygen atoms in total. The number of rotatable bonds is 2. The standard InChI is InChI=1S/C19H27ClN2O2/c1-18(2)13-22(9-6-16(18)21)17(23)19(7-10-24-11-8-19)14-4-3-5-15(20)12-14/h3-5,12,16H,6-11,13,21H2,1-2H3. The number of carbonyl (C=O) groups excluding carboxylic acids is 1. The molecule has 2 N–H and O–H groups in total. The summed E-state index contributed by atoms with van der Waals surface area (Å²) in [6, 6.07) is 7.88. The highest BCUT2D eigenvalue weighted by Crippen LogP contribution is 2.39. The molecule has 2 aliphatic heterocycles. The molecule has 0 radical (unpaired) electrons. The van der Waals surface area contributed by atoms with Crippen LogP contribution in [-0.2, 0) is 14.9 Å². The van der Waals surface area contributed by atoms with Gasteiger partial charge in [0.1, 0.15) is 0 Å². The smallest absolute Gasteiger partial charge is 0.233 e. The highest BCUT2D eigenvalue weighted by atomic mass is 35.5. The summed E-state index contributed by atoms with van der Waals surface area (Å²) in [6.07, 6.45) is 2.26. The van der Waals surface area contributed by atoms with Crippen LogP contribution in [0.1, 0.15) is 38.7 Å². The van der Waals surface area contributed by atoms with Crippen molar-refractivity contribution in [2.75, 3.05) is 26.3 Å².